The van der Waals surface area contributed by atoms with E-state index < -0.39 is 10.0 Å². The SMILES string of the molecule is CCOc1ccc(S(=O)(=O)Nc2ncccc2C)cc1C(C)(C)C. The van der Waals surface area contributed by atoms with Crippen molar-refractivity contribution >= 4 is 15.8 Å². The molecule has 2 aromatic rings. The predicted octanol–water partition coefficient (Wildman–Crippen LogP) is 3.89. The van der Waals surface area contributed by atoms with E-state index in [-0.39, 0.29) is 10.3 Å². The van der Waals surface area contributed by atoms with Crippen molar-refractivity contribution in [2.45, 2.75) is 44.9 Å². The molecule has 6 heteroatoms. The topological polar surface area (TPSA) is 68.3 Å². The van der Waals surface area contributed by atoms with Gasteiger partial charge in [0.2, 0.25) is 0 Å². The quantitative estimate of drug-likeness (QED) is 0.890. The Labute approximate surface area is 144 Å². The lowest BCUT2D eigenvalue weighted by Gasteiger charge is -2.23. The van der Waals surface area contributed by atoms with Gasteiger partial charge in [0.25, 0.3) is 10.0 Å². The van der Waals surface area contributed by atoms with Crippen LogP contribution in [-0.2, 0) is 15.4 Å². The lowest BCUT2D eigenvalue weighted by atomic mass is 9.86. The first-order valence-electron chi connectivity index (χ1n) is 7.87. The fraction of sp³-hybridized carbons (Fsp3) is 0.389. The molecule has 0 aliphatic carbocycles. The number of ether oxygens (including phenoxy) is 1. The molecule has 24 heavy (non-hydrogen) atoms. The highest BCUT2D eigenvalue weighted by molar-refractivity contribution is 7.92. The van der Waals surface area contributed by atoms with Crippen molar-refractivity contribution in [3.63, 3.8) is 0 Å². The summed E-state index contributed by atoms with van der Waals surface area (Å²) >= 11 is 0. The number of hydrogen-bond acceptors (Lipinski definition) is 4. The van der Waals surface area contributed by atoms with Gasteiger partial charge in [0.05, 0.1) is 11.5 Å². The van der Waals surface area contributed by atoms with E-state index in [2.05, 4.69) is 9.71 Å². The van der Waals surface area contributed by atoms with E-state index in [1.165, 1.54) is 0 Å². The van der Waals surface area contributed by atoms with Crippen molar-refractivity contribution in [2.24, 2.45) is 0 Å². The van der Waals surface area contributed by atoms with Gasteiger partial charge in [0, 0.05) is 11.8 Å². The highest BCUT2D eigenvalue weighted by Gasteiger charge is 2.24. The van der Waals surface area contributed by atoms with Crippen LogP contribution in [0.2, 0.25) is 0 Å². The first-order valence-corrected chi connectivity index (χ1v) is 9.35. The van der Waals surface area contributed by atoms with E-state index in [9.17, 15) is 8.42 Å². The van der Waals surface area contributed by atoms with Crippen molar-refractivity contribution in [3.05, 3.63) is 47.7 Å². The molecule has 0 spiro atoms. The minimum absolute atomic E-state index is 0.195. The zero-order chi connectivity index (χ0) is 18.0. The number of sulfonamides is 1. The van der Waals surface area contributed by atoms with Crippen LogP contribution in [0, 0.1) is 6.92 Å². The number of pyridine rings is 1. The zero-order valence-electron chi connectivity index (χ0n) is 14.8. The van der Waals surface area contributed by atoms with E-state index in [1.807, 2.05) is 40.7 Å². The molecule has 0 radical (unpaired) electrons. The first-order chi connectivity index (χ1) is 11.1. The van der Waals surface area contributed by atoms with Crippen LogP contribution in [0.5, 0.6) is 5.75 Å². The second kappa shape index (κ2) is 6.81. The summed E-state index contributed by atoms with van der Waals surface area (Å²) < 4.78 is 33.6. The number of aromatic nitrogens is 1. The van der Waals surface area contributed by atoms with Crippen LogP contribution < -0.4 is 9.46 Å². The average molecular weight is 348 g/mol. The molecular formula is C18H24N2O3S. The molecule has 5 nitrogen and oxygen atoms in total. The van der Waals surface area contributed by atoms with Crippen LogP contribution in [0.4, 0.5) is 5.82 Å². The molecule has 0 bridgehead atoms. The molecule has 0 amide bonds. The monoisotopic (exact) mass is 348 g/mol. The van der Waals surface area contributed by atoms with Gasteiger partial charge in [-0.2, -0.15) is 0 Å². The van der Waals surface area contributed by atoms with E-state index in [0.29, 0.717) is 18.2 Å². The van der Waals surface area contributed by atoms with Gasteiger partial charge in [-0.3, -0.25) is 4.72 Å². The second-order valence-electron chi connectivity index (χ2n) is 6.62. The molecule has 1 heterocycles. The minimum Gasteiger partial charge on any atom is -0.494 e. The second-order valence-corrected chi connectivity index (χ2v) is 8.30. The molecule has 1 N–H and O–H groups in total. The average Bonchev–Trinajstić information content (AvgIpc) is 2.49. The number of anilines is 1. The maximum absolute atomic E-state index is 12.7. The van der Waals surface area contributed by atoms with Crippen molar-refractivity contribution in [2.75, 3.05) is 11.3 Å². The Bertz CT molecular complexity index is 824. The predicted molar refractivity (Wildman–Crippen MR) is 96.1 cm³/mol. The normalized spacial score (nSPS) is 12.0. The van der Waals surface area contributed by atoms with Gasteiger partial charge in [-0.15, -0.1) is 0 Å². The fourth-order valence-corrected chi connectivity index (χ4v) is 3.43. The molecule has 0 saturated heterocycles. The Balaban J connectivity index is 2.46. The fourth-order valence-electron chi connectivity index (χ4n) is 2.32. The number of benzene rings is 1. The number of rotatable bonds is 5. The largest absolute Gasteiger partial charge is 0.494 e. The molecule has 0 aliphatic rings. The third-order valence-electron chi connectivity index (χ3n) is 3.61. The first kappa shape index (κ1) is 18.3. The molecule has 1 aromatic carbocycles. The van der Waals surface area contributed by atoms with E-state index in [4.69, 9.17) is 4.74 Å². The highest BCUT2D eigenvalue weighted by atomic mass is 32.2. The van der Waals surface area contributed by atoms with Crippen LogP contribution in [0.15, 0.2) is 41.4 Å². The van der Waals surface area contributed by atoms with E-state index >= 15 is 0 Å². The van der Waals surface area contributed by atoms with Crippen LogP contribution in [0.25, 0.3) is 0 Å². The Morgan fingerprint density at radius 1 is 1.21 bits per heavy atom. The van der Waals surface area contributed by atoms with Crippen LogP contribution >= 0.6 is 0 Å². The van der Waals surface area contributed by atoms with Gasteiger partial charge in [-0.1, -0.05) is 26.8 Å². The molecule has 130 valence electrons. The molecular weight excluding hydrogens is 324 g/mol. The summed E-state index contributed by atoms with van der Waals surface area (Å²) in [5.41, 5.74) is 1.38. The smallest absolute Gasteiger partial charge is 0.263 e. The lowest BCUT2D eigenvalue weighted by Crippen LogP contribution is -2.18. The summed E-state index contributed by atoms with van der Waals surface area (Å²) in [6.45, 7) is 10.3. The molecule has 0 atom stereocenters. The Morgan fingerprint density at radius 3 is 2.50 bits per heavy atom. The maximum atomic E-state index is 12.7. The minimum atomic E-state index is -3.72. The van der Waals surface area contributed by atoms with Crippen LogP contribution in [0.3, 0.4) is 0 Å². The van der Waals surface area contributed by atoms with Crippen LogP contribution in [0.1, 0.15) is 38.8 Å². The van der Waals surface area contributed by atoms with Gasteiger partial charge < -0.3 is 4.74 Å². The van der Waals surface area contributed by atoms with Gasteiger partial charge >= 0.3 is 0 Å². The van der Waals surface area contributed by atoms with Crippen molar-refractivity contribution in [1.82, 2.24) is 4.98 Å². The Hall–Kier alpha value is -2.08. The molecule has 1 aromatic heterocycles. The molecule has 0 fully saturated rings. The van der Waals surface area contributed by atoms with E-state index in [0.717, 1.165) is 11.1 Å². The summed E-state index contributed by atoms with van der Waals surface area (Å²) in [5, 5.41) is 0. The lowest BCUT2D eigenvalue weighted by molar-refractivity contribution is 0.329. The maximum Gasteiger partial charge on any atom is 0.263 e. The molecule has 0 aliphatic heterocycles. The standard InChI is InChI=1S/C18H24N2O3S/c1-6-23-16-10-9-14(12-15(16)18(3,4)5)24(21,22)20-17-13(2)8-7-11-19-17/h7-12H,6H2,1-5H3,(H,19,20). The Morgan fingerprint density at radius 2 is 1.92 bits per heavy atom. The van der Waals surface area contributed by atoms with Crippen molar-refractivity contribution in [3.8, 4) is 5.75 Å². The number of aryl methyl sites for hydroxylation is 1. The molecule has 0 unspecified atom stereocenters. The van der Waals surface area contributed by atoms with Gasteiger partial charge in [-0.25, -0.2) is 13.4 Å². The van der Waals surface area contributed by atoms with Crippen molar-refractivity contribution in [1.29, 1.82) is 0 Å². The van der Waals surface area contributed by atoms with E-state index in [1.54, 1.807) is 30.5 Å². The summed E-state index contributed by atoms with van der Waals surface area (Å²) in [6, 6.07) is 8.52. The van der Waals surface area contributed by atoms with Gasteiger partial charge in [0.15, 0.2) is 0 Å². The zero-order valence-corrected chi connectivity index (χ0v) is 15.6. The van der Waals surface area contributed by atoms with Gasteiger partial charge in [0.1, 0.15) is 11.6 Å². The number of nitrogens with one attached hydrogen (secondary N) is 1. The van der Waals surface area contributed by atoms with Crippen LogP contribution in [-0.4, -0.2) is 20.0 Å². The molecule has 0 saturated carbocycles. The third-order valence-corrected chi connectivity index (χ3v) is 4.95. The summed E-state index contributed by atoms with van der Waals surface area (Å²) in [5.74, 6) is 1.04. The number of hydrogen-bond donors (Lipinski definition) is 1. The highest BCUT2D eigenvalue weighted by Crippen LogP contribution is 2.33. The number of nitrogens with zero attached hydrogens (tertiary/aromatic N) is 1. The van der Waals surface area contributed by atoms with Gasteiger partial charge in [-0.05, 0) is 49.1 Å². The van der Waals surface area contributed by atoms with Crippen molar-refractivity contribution < 1.29 is 13.2 Å². The third kappa shape index (κ3) is 4.06. The Kier molecular flexibility index (Phi) is 5.18. The summed E-state index contributed by atoms with van der Waals surface area (Å²) in [7, 11) is -3.72. The molecule has 2 rings (SSSR count). The summed E-state index contributed by atoms with van der Waals surface area (Å²) in [6.07, 6.45) is 1.56. The summed E-state index contributed by atoms with van der Waals surface area (Å²) in [4.78, 5) is 4.29.